The molecule has 0 aliphatic heterocycles. The second-order valence-corrected chi connectivity index (χ2v) is 2.79. The number of benzene rings is 1. The minimum atomic E-state index is 0.425. The van der Waals surface area contributed by atoms with Crippen LogP contribution in [0.4, 0.5) is 0 Å². The van der Waals surface area contributed by atoms with E-state index in [-0.39, 0.29) is 0 Å². The predicted octanol–water partition coefficient (Wildman–Crippen LogP) is 1.28. The molecular formula is C10H13NO. The van der Waals surface area contributed by atoms with Crippen LogP contribution in [0.5, 0.6) is 0 Å². The van der Waals surface area contributed by atoms with Gasteiger partial charge in [0.1, 0.15) is 6.29 Å². The van der Waals surface area contributed by atoms with Gasteiger partial charge in [0.25, 0.3) is 0 Å². The van der Waals surface area contributed by atoms with Gasteiger partial charge in [-0.1, -0.05) is 29.8 Å². The molecule has 1 N–H and O–H groups in total. The van der Waals surface area contributed by atoms with Crippen LogP contribution in [0, 0.1) is 6.92 Å². The topological polar surface area (TPSA) is 29.1 Å². The highest BCUT2D eigenvalue weighted by Gasteiger charge is 1.90. The summed E-state index contributed by atoms with van der Waals surface area (Å²) in [5.74, 6) is 0. The van der Waals surface area contributed by atoms with Crippen molar-refractivity contribution >= 4 is 6.29 Å². The summed E-state index contributed by atoms with van der Waals surface area (Å²) < 4.78 is 0. The molecule has 2 nitrogen and oxygen atoms in total. The summed E-state index contributed by atoms with van der Waals surface area (Å²) in [6.07, 6.45) is 0.871. The molecule has 2 heteroatoms. The van der Waals surface area contributed by atoms with Gasteiger partial charge in [-0.05, 0) is 12.5 Å². The summed E-state index contributed by atoms with van der Waals surface area (Å²) in [4.78, 5) is 10.00. The van der Waals surface area contributed by atoms with Crippen LogP contribution in [0.3, 0.4) is 0 Å². The molecule has 1 aromatic carbocycles. The highest BCUT2D eigenvalue weighted by molar-refractivity contribution is 5.51. The minimum Gasteiger partial charge on any atom is -0.306 e. The SMILES string of the molecule is Cc1cccc(CNCC=O)c1. The van der Waals surface area contributed by atoms with E-state index in [1.165, 1.54) is 11.1 Å². The Morgan fingerprint density at radius 2 is 2.33 bits per heavy atom. The molecule has 0 heterocycles. The number of hydrogen-bond donors (Lipinski definition) is 1. The van der Waals surface area contributed by atoms with Crippen LogP contribution in [-0.2, 0) is 11.3 Å². The number of carbonyl (C=O) groups is 1. The molecule has 0 amide bonds. The fourth-order valence-electron chi connectivity index (χ4n) is 1.10. The van der Waals surface area contributed by atoms with Gasteiger partial charge in [-0.2, -0.15) is 0 Å². The van der Waals surface area contributed by atoms with Gasteiger partial charge >= 0.3 is 0 Å². The Morgan fingerprint density at radius 1 is 1.50 bits per heavy atom. The first-order valence-corrected chi connectivity index (χ1v) is 4.03. The smallest absolute Gasteiger partial charge is 0.133 e. The van der Waals surface area contributed by atoms with Gasteiger partial charge < -0.3 is 10.1 Å². The summed E-state index contributed by atoms with van der Waals surface area (Å²) in [6, 6.07) is 8.24. The molecule has 0 bridgehead atoms. The van der Waals surface area contributed by atoms with Gasteiger partial charge in [-0.25, -0.2) is 0 Å². The summed E-state index contributed by atoms with van der Waals surface area (Å²) in [5, 5.41) is 3.01. The standard InChI is InChI=1S/C10H13NO/c1-9-3-2-4-10(7-9)8-11-5-6-12/h2-4,6-7,11H,5,8H2,1H3. The lowest BCUT2D eigenvalue weighted by Crippen LogP contribution is -2.15. The highest BCUT2D eigenvalue weighted by Crippen LogP contribution is 2.02. The molecule has 0 saturated heterocycles. The third kappa shape index (κ3) is 2.84. The normalized spacial score (nSPS) is 9.75. The molecule has 1 rings (SSSR count). The maximum absolute atomic E-state index is 10.00. The Balaban J connectivity index is 2.46. The first-order chi connectivity index (χ1) is 5.83. The third-order valence-electron chi connectivity index (χ3n) is 1.64. The second kappa shape index (κ2) is 4.67. The molecule has 0 unspecified atom stereocenters. The number of carbonyl (C=O) groups excluding carboxylic acids is 1. The van der Waals surface area contributed by atoms with Crippen molar-refractivity contribution < 1.29 is 4.79 Å². The number of rotatable bonds is 4. The lowest BCUT2D eigenvalue weighted by atomic mass is 10.1. The Labute approximate surface area is 72.6 Å². The molecule has 0 spiro atoms. The predicted molar refractivity (Wildman–Crippen MR) is 48.9 cm³/mol. The van der Waals surface area contributed by atoms with Gasteiger partial charge in [0, 0.05) is 6.54 Å². The van der Waals surface area contributed by atoms with Gasteiger partial charge in [-0.15, -0.1) is 0 Å². The van der Waals surface area contributed by atoms with Crippen molar-refractivity contribution in [1.82, 2.24) is 5.32 Å². The van der Waals surface area contributed by atoms with E-state index in [2.05, 4.69) is 24.4 Å². The van der Waals surface area contributed by atoms with Gasteiger partial charge in [-0.3, -0.25) is 0 Å². The van der Waals surface area contributed by atoms with E-state index in [4.69, 9.17) is 0 Å². The van der Waals surface area contributed by atoms with Crippen molar-refractivity contribution in [3.8, 4) is 0 Å². The lowest BCUT2D eigenvalue weighted by molar-refractivity contribution is -0.107. The minimum absolute atomic E-state index is 0.425. The van der Waals surface area contributed by atoms with Crippen LogP contribution in [0.25, 0.3) is 0 Å². The summed E-state index contributed by atoms with van der Waals surface area (Å²) in [5.41, 5.74) is 2.47. The average Bonchev–Trinajstić information content (AvgIpc) is 2.05. The monoisotopic (exact) mass is 163 g/mol. The van der Waals surface area contributed by atoms with Gasteiger partial charge in [0.2, 0.25) is 0 Å². The zero-order chi connectivity index (χ0) is 8.81. The van der Waals surface area contributed by atoms with Crippen LogP contribution in [-0.4, -0.2) is 12.8 Å². The zero-order valence-electron chi connectivity index (χ0n) is 7.21. The third-order valence-corrected chi connectivity index (χ3v) is 1.64. The molecule has 0 aliphatic carbocycles. The Bertz CT molecular complexity index is 258. The van der Waals surface area contributed by atoms with Gasteiger partial charge in [0.05, 0.1) is 6.54 Å². The number of nitrogens with one attached hydrogen (secondary N) is 1. The highest BCUT2D eigenvalue weighted by atomic mass is 16.1. The molecule has 64 valence electrons. The van der Waals surface area contributed by atoms with Gasteiger partial charge in [0.15, 0.2) is 0 Å². The molecule has 0 saturated carbocycles. The van der Waals surface area contributed by atoms with Crippen molar-refractivity contribution in [3.05, 3.63) is 35.4 Å². The first kappa shape index (κ1) is 8.94. The Morgan fingerprint density at radius 3 is 3.00 bits per heavy atom. The zero-order valence-corrected chi connectivity index (χ0v) is 7.21. The van der Waals surface area contributed by atoms with Crippen molar-refractivity contribution in [1.29, 1.82) is 0 Å². The van der Waals surface area contributed by atoms with Crippen molar-refractivity contribution in [3.63, 3.8) is 0 Å². The van der Waals surface area contributed by atoms with Crippen molar-refractivity contribution in [2.24, 2.45) is 0 Å². The van der Waals surface area contributed by atoms with E-state index in [1.807, 2.05) is 12.1 Å². The fraction of sp³-hybridized carbons (Fsp3) is 0.300. The van der Waals surface area contributed by atoms with E-state index in [9.17, 15) is 4.79 Å². The summed E-state index contributed by atoms with van der Waals surface area (Å²) in [7, 11) is 0. The van der Waals surface area contributed by atoms with Crippen molar-refractivity contribution in [2.45, 2.75) is 13.5 Å². The number of hydrogen-bond acceptors (Lipinski definition) is 2. The molecule has 12 heavy (non-hydrogen) atoms. The molecule has 1 aromatic rings. The molecule has 0 aliphatic rings. The summed E-state index contributed by atoms with van der Waals surface area (Å²) >= 11 is 0. The molecule has 0 radical (unpaired) electrons. The maximum atomic E-state index is 10.00. The van der Waals surface area contributed by atoms with E-state index >= 15 is 0 Å². The van der Waals surface area contributed by atoms with Crippen LogP contribution in [0.2, 0.25) is 0 Å². The number of aldehydes is 1. The number of aryl methyl sites for hydroxylation is 1. The van der Waals surface area contributed by atoms with Crippen LogP contribution in [0.1, 0.15) is 11.1 Å². The molecular weight excluding hydrogens is 150 g/mol. The first-order valence-electron chi connectivity index (χ1n) is 4.03. The Hall–Kier alpha value is -1.15. The lowest BCUT2D eigenvalue weighted by Gasteiger charge is -2.01. The molecule has 0 fully saturated rings. The van der Waals surface area contributed by atoms with Crippen LogP contribution < -0.4 is 5.32 Å². The molecule has 0 atom stereocenters. The Kier molecular flexibility index (Phi) is 3.48. The van der Waals surface area contributed by atoms with E-state index < -0.39 is 0 Å². The average molecular weight is 163 g/mol. The largest absolute Gasteiger partial charge is 0.306 e. The van der Waals surface area contributed by atoms with Crippen molar-refractivity contribution in [2.75, 3.05) is 6.54 Å². The maximum Gasteiger partial charge on any atom is 0.133 e. The van der Waals surface area contributed by atoms with E-state index in [1.54, 1.807) is 0 Å². The van der Waals surface area contributed by atoms with Crippen LogP contribution in [0.15, 0.2) is 24.3 Å². The quantitative estimate of drug-likeness (QED) is 0.535. The molecule has 0 aromatic heterocycles. The van der Waals surface area contributed by atoms with Crippen LogP contribution >= 0.6 is 0 Å². The van der Waals surface area contributed by atoms with E-state index in [0.29, 0.717) is 6.54 Å². The fourth-order valence-corrected chi connectivity index (χ4v) is 1.10. The summed E-state index contributed by atoms with van der Waals surface area (Å²) in [6.45, 7) is 3.25. The second-order valence-electron chi connectivity index (χ2n) is 2.79. The van der Waals surface area contributed by atoms with E-state index in [0.717, 1.165) is 12.8 Å².